The fourth-order valence-corrected chi connectivity index (χ4v) is 4.56. The third kappa shape index (κ3) is 3.31. The molecule has 2 N–H and O–H groups in total. The van der Waals surface area contributed by atoms with E-state index in [1.165, 1.54) is 10.4 Å². The van der Waals surface area contributed by atoms with Gasteiger partial charge in [0.15, 0.2) is 5.43 Å². The standard InChI is InChI=1S/C19H18N4O4S/c24-18-9-11-22(16-7-3-1-5-14(16)18)13-19(25)20-10-12-23-17-8-4-2-6-15(17)21-28(23,26)27/h1-9,11,21H,10,12-13H2,(H,20,25). The first kappa shape index (κ1) is 18.1. The van der Waals surface area contributed by atoms with Crippen molar-refractivity contribution in [1.82, 2.24) is 9.88 Å². The van der Waals surface area contributed by atoms with E-state index in [2.05, 4.69) is 10.0 Å². The monoisotopic (exact) mass is 398 g/mol. The quantitative estimate of drug-likeness (QED) is 0.676. The van der Waals surface area contributed by atoms with Crippen molar-refractivity contribution < 1.29 is 13.2 Å². The number of aromatic nitrogens is 1. The minimum Gasteiger partial charge on any atom is -0.353 e. The Morgan fingerprint density at radius 1 is 1.04 bits per heavy atom. The lowest BCUT2D eigenvalue weighted by atomic mass is 10.2. The molecule has 2 aromatic carbocycles. The van der Waals surface area contributed by atoms with Gasteiger partial charge in [0, 0.05) is 24.2 Å². The van der Waals surface area contributed by atoms with Gasteiger partial charge in [-0.2, -0.15) is 8.42 Å². The number of para-hydroxylation sites is 3. The summed E-state index contributed by atoms with van der Waals surface area (Å²) < 4.78 is 29.9. The Hall–Kier alpha value is -3.33. The smallest absolute Gasteiger partial charge is 0.324 e. The SMILES string of the molecule is O=C(Cn1ccc(=O)c2ccccc21)NCCN1c2ccccc2NS1(=O)=O. The highest BCUT2D eigenvalue weighted by Gasteiger charge is 2.31. The average Bonchev–Trinajstić information content (AvgIpc) is 2.94. The van der Waals surface area contributed by atoms with Crippen LogP contribution in [0.3, 0.4) is 0 Å². The summed E-state index contributed by atoms with van der Waals surface area (Å²) in [6, 6.07) is 15.4. The molecule has 1 amide bonds. The predicted molar refractivity (Wildman–Crippen MR) is 108 cm³/mol. The van der Waals surface area contributed by atoms with E-state index < -0.39 is 10.2 Å². The summed E-state index contributed by atoms with van der Waals surface area (Å²) in [4.78, 5) is 24.2. The average molecular weight is 398 g/mol. The van der Waals surface area contributed by atoms with Crippen LogP contribution < -0.4 is 19.8 Å². The van der Waals surface area contributed by atoms with Crippen LogP contribution in [0.4, 0.5) is 11.4 Å². The molecule has 2 heterocycles. The van der Waals surface area contributed by atoms with E-state index in [0.717, 1.165) is 0 Å². The number of hydrogen-bond donors (Lipinski definition) is 2. The van der Waals surface area contributed by atoms with Crippen molar-refractivity contribution in [2.45, 2.75) is 6.54 Å². The molecule has 144 valence electrons. The van der Waals surface area contributed by atoms with Gasteiger partial charge >= 0.3 is 10.2 Å². The molecule has 0 bridgehead atoms. The Balaban J connectivity index is 1.42. The van der Waals surface area contributed by atoms with Gasteiger partial charge in [0.1, 0.15) is 6.54 Å². The van der Waals surface area contributed by atoms with E-state index in [0.29, 0.717) is 22.3 Å². The largest absolute Gasteiger partial charge is 0.353 e. The van der Waals surface area contributed by atoms with Gasteiger partial charge in [0.25, 0.3) is 0 Å². The van der Waals surface area contributed by atoms with Crippen molar-refractivity contribution in [3.05, 3.63) is 71.0 Å². The van der Waals surface area contributed by atoms with Crippen molar-refractivity contribution in [2.24, 2.45) is 0 Å². The molecule has 0 atom stereocenters. The first-order valence-electron chi connectivity index (χ1n) is 8.70. The molecule has 1 aliphatic heterocycles. The lowest BCUT2D eigenvalue weighted by molar-refractivity contribution is -0.121. The summed E-state index contributed by atoms with van der Waals surface area (Å²) in [5.74, 6) is -0.272. The molecule has 28 heavy (non-hydrogen) atoms. The normalized spacial score (nSPS) is 14.5. The maximum atomic E-state index is 12.3. The number of hydrogen-bond acceptors (Lipinski definition) is 4. The number of carbonyl (C=O) groups excluding carboxylic acids is 1. The minimum absolute atomic E-state index is 0.0301. The van der Waals surface area contributed by atoms with Gasteiger partial charge in [-0.25, -0.2) is 4.31 Å². The number of carbonyl (C=O) groups is 1. The molecule has 0 fully saturated rings. The predicted octanol–water partition coefficient (Wildman–Crippen LogP) is 1.29. The van der Waals surface area contributed by atoms with Crippen LogP contribution in [0, 0.1) is 0 Å². The molecule has 0 spiro atoms. The fraction of sp³-hybridized carbons (Fsp3) is 0.158. The summed E-state index contributed by atoms with van der Waals surface area (Å²) in [7, 11) is -3.64. The molecule has 8 nitrogen and oxygen atoms in total. The van der Waals surface area contributed by atoms with Gasteiger partial charge in [-0.1, -0.05) is 24.3 Å². The fourth-order valence-electron chi connectivity index (χ4n) is 3.25. The van der Waals surface area contributed by atoms with E-state index in [9.17, 15) is 18.0 Å². The minimum atomic E-state index is -3.64. The van der Waals surface area contributed by atoms with Crippen molar-refractivity contribution >= 4 is 38.4 Å². The van der Waals surface area contributed by atoms with Crippen molar-refractivity contribution in [1.29, 1.82) is 0 Å². The highest BCUT2D eigenvalue weighted by molar-refractivity contribution is 7.94. The topological polar surface area (TPSA) is 101 Å². The van der Waals surface area contributed by atoms with Crippen LogP contribution in [0.1, 0.15) is 0 Å². The number of rotatable bonds is 5. The van der Waals surface area contributed by atoms with Crippen LogP contribution in [0.15, 0.2) is 65.6 Å². The van der Waals surface area contributed by atoms with Crippen LogP contribution in [-0.2, 0) is 21.5 Å². The van der Waals surface area contributed by atoms with E-state index in [-0.39, 0.29) is 31.0 Å². The van der Waals surface area contributed by atoms with Gasteiger partial charge in [-0.05, 0) is 24.3 Å². The van der Waals surface area contributed by atoms with Gasteiger partial charge in [-0.3, -0.25) is 14.3 Å². The van der Waals surface area contributed by atoms with Crippen molar-refractivity contribution in [3.8, 4) is 0 Å². The summed E-state index contributed by atoms with van der Waals surface area (Å²) in [5, 5.41) is 3.28. The van der Waals surface area contributed by atoms with Crippen LogP contribution in [0.2, 0.25) is 0 Å². The first-order chi connectivity index (χ1) is 13.5. The zero-order chi connectivity index (χ0) is 19.7. The Labute approximate surface area is 161 Å². The zero-order valence-corrected chi connectivity index (χ0v) is 15.6. The van der Waals surface area contributed by atoms with Crippen LogP contribution in [-0.4, -0.2) is 32.0 Å². The van der Waals surface area contributed by atoms with Gasteiger partial charge < -0.3 is 9.88 Å². The lowest BCUT2D eigenvalue weighted by Crippen LogP contribution is -2.38. The summed E-state index contributed by atoms with van der Waals surface area (Å²) in [6.45, 7) is 0.303. The number of nitrogens with zero attached hydrogens (tertiary/aromatic N) is 2. The second-order valence-electron chi connectivity index (χ2n) is 6.37. The number of benzene rings is 2. The zero-order valence-electron chi connectivity index (χ0n) is 14.8. The number of pyridine rings is 1. The molecule has 0 saturated heterocycles. The van der Waals surface area contributed by atoms with Crippen LogP contribution >= 0.6 is 0 Å². The molecule has 9 heteroatoms. The number of nitrogens with one attached hydrogen (secondary N) is 2. The lowest BCUT2D eigenvalue weighted by Gasteiger charge is -2.17. The molecule has 0 aliphatic carbocycles. The maximum absolute atomic E-state index is 12.3. The maximum Gasteiger partial charge on any atom is 0.324 e. The second-order valence-corrected chi connectivity index (χ2v) is 7.97. The van der Waals surface area contributed by atoms with E-state index in [1.807, 2.05) is 0 Å². The van der Waals surface area contributed by atoms with Gasteiger partial charge in [0.2, 0.25) is 5.91 Å². The molecule has 3 aromatic rings. The molecule has 0 unspecified atom stereocenters. The Kier molecular flexibility index (Phi) is 4.52. The third-order valence-electron chi connectivity index (χ3n) is 4.54. The highest BCUT2D eigenvalue weighted by atomic mass is 32.2. The molecule has 1 aromatic heterocycles. The Morgan fingerprint density at radius 3 is 2.64 bits per heavy atom. The highest BCUT2D eigenvalue weighted by Crippen LogP contribution is 2.34. The van der Waals surface area contributed by atoms with E-state index >= 15 is 0 Å². The first-order valence-corrected chi connectivity index (χ1v) is 10.1. The molecule has 1 aliphatic rings. The summed E-state index contributed by atoms with van der Waals surface area (Å²) in [5.41, 5.74) is 1.65. The van der Waals surface area contributed by atoms with E-state index in [1.54, 1.807) is 59.3 Å². The summed E-state index contributed by atoms with van der Waals surface area (Å²) >= 11 is 0. The molecule has 0 radical (unpaired) electrons. The van der Waals surface area contributed by atoms with Crippen LogP contribution in [0.25, 0.3) is 10.9 Å². The third-order valence-corrected chi connectivity index (χ3v) is 5.98. The molecular weight excluding hydrogens is 380 g/mol. The Morgan fingerprint density at radius 2 is 1.79 bits per heavy atom. The van der Waals surface area contributed by atoms with Gasteiger partial charge in [0.05, 0.1) is 23.4 Å². The number of fused-ring (bicyclic) bond motifs is 2. The number of amides is 1. The van der Waals surface area contributed by atoms with Gasteiger partial charge in [-0.15, -0.1) is 0 Å². The van der Waals surface area contributed by atoms with Crippen molar-refractivity contribution in [3.63, 3.8) is 0 Å². The second kappa shape index (κ2) is 7.01. The molecular formula is C19H18N4O4S. The van der Waals surface area contributed by atoms with Crippen molar-refractivity contribution in [2.75, 3.05) is 22.1 Å². The number of anilines is 2. The summed E-state index contributed by atoms with van der Waals surface area (Å²) in [6.07, 6.45) is 1.58. The Bertz CT molecular complexity index is 1220. The van der Waals surface area contributed by atoms with E-state index in [4.69, 9.17) is 0 Å². The van der Waals surface area contributed by atoms with Crippen LogP contribution in [0.5, 0.6) is 0 Å². The molecule has 4 rings (SSSR count). The molecule has 0 saturated carbocycles.